The maximum atomic E-state index is 11.4. The van der Waals surface area contributed by atoms with Crippen LogP contribution in [0.5, 0.6) is 0 Å². The number of carboxylic acids is 1. The van der Waals surface area contributed by atoms with E-state index in [1.807, 2.05) is 29.2 Å². The second kappa shape index (κ2) is 4.44. The minimum atomic E-state index is -0.792. The monoisotopic (exact) mass is 282 g/mol. The number of anilines is 1. The number of rotatable bonds is 2. The van der Waals surface area contributed by atoms with Crippen molar-refractivity contribution >= 4 is 33.7 Å². The van der Waals surface area contributed by atoms with E-state index < -0.39 is 12.0 Å². The van der Waals surface area contributed by atoms with Crippen LogP contribution in [0.15, 0.2) is 30.6 Å². The van der Waals surface area contributed by atoms with E-state index in [0.717, 1.165) is 28.4 Å². The van der Waals surface area contributed by atoms with Gasteiger partial charge >= 0.3 is 5.97 Å². The Labute approximate surface area is 120 Å². The first-order chi connectivity index (χ1) is 10.3. The highest BCUT2D eigenvalue weighted by Crippen LogP contribution is 2.34. The van der Waals surface area contributed by atoms with E-state index in [4.69, 9.17) is 0 Å². The molecule has 1 aromatic carbocycles. The third kappa shape index (κ3) is 1.75. The van der Waals surface area contributed by atoms with Crippen molar-refractivity contribution in [3.8, 4) is 0 Å². The van der Waals surface area contributed by atoms with Crippen molar-refractivity contribution in [1.82, 2.24) is 15.0 Å². The van der Waals surface area contributed by atoms with Crippen LogP contribution >= 0.6 is 0 Å². The van der Waals surface area contributed by atoms with Gasteiger partial charge < -0.3 is 15.0 Å². The first kappa shape index (κ1) is 12.1. The Morgan fingerprint density at radius 3 is 3.05 bits per heavy atom. The second-order valence-corrected chi connectivity index (χ2v) is 5.28. The van der Waals surface area contributed by atoms with Crippen LogP contribution in [-0.2, 0) is 4.79 Å². The predicted octanol–water partition coefficient (Wildman–Crippen LogP) is 2.16. The summed E-state index contributed by atoms with van der Waals surface area (Å²) in [5.74, 6) is -0.0820. The fourth-order valence-electron chi connectivity index (χ4n) is 3.15. The molecule has 1 fully saturated rings. The fraction of sp³-hybridized carbons (Fsp3) is 0.267. The minimum Gasteiger partial charge on any atom is -0.480 e. The number of fused-ring (bicyclic) bond motifs is 3. The molecular formula is C15H14N4O2. The zero-order valence-corrected chi connectivity index (χ0v) is 11.3. The molecule has 0 radical (unpaired) electrons. The summed E-state index contributed by atoms with van der Waals surface area (Å²) in [6, 6.07) is 7.41. The Morgan fingerprint density at radius 1 is 1.33 bits per heavy atom. The van der Waals surface area contributed by atoms with Crippen LogP contribution in [0.25, 0.3) is 21.9 Å². The minimum absolute atomic E-state index is 0.503. The van der Waals surface area contributed by atoms with E-state index in [2.05, 4.69) is 15.0 Å². The molecule has 2 aromatic heterocycles. The van der Waals surface area contributed by atoms with Gasteiger partial charge in [0.2, 0.25) is 0 Å². The third-order valence-corrected chi connectivity index (χ3v) is 4.09. The lowest BCUT2D eigenvalue weighted by Gasteiger charge is -2.22. The summed E-state index contributed by atoms with van der Waals surface area (Å²) < 4.78 is 0. The van der Waals surface area contributed by atoms with Crippen LogP contribution in [0.2, 0.25) is 0 Å². The highest BCUT2D eigenvalue weighted by molar-refractivity contribution is 6.11. The van der Waals surface area contributed by atoms with Crippen LogP contribution in [0.3, 0.4) is 0 Å². The lowest BCUT2D eigenvalue weighted by molar-refractivity contribution is -0.138. The molecule has 0 bridgehead atoms. The van der Waals surface area contributed by atoms with Gasteiger partial charge in [-0.1, -0.05) is 18.2 Å². The van der Waals surface area contributed by atoms with E-state index in [0.29, 0.717) is 18.8 Å². The van der Waals surface area contributed by atoms with Crippen LogP contribution < -0.4 is 4.90 Å². The van der Waals surface area contributed by atoms with E-state index in [9.17, 15) is 9.90 Å². The molecule has 3 aromatic rings. The first-order valence-corrected chi connectivity index (χ1v) is 6.96. The number of aromatic amines is 1. The Bertz CT molecular complexity index is 842. The van der Waals surface area contributed by atoms with Gasteiger partial charge in [0.15, 0.2) is 0 Å². The van der Waals surface area contributed by atoms with Crippen molar-refractivity contribution in [2.45, 2.75) is 18.9 Å². The van der Waals surface area contributed by atoms with Crippen LogP contribution in [0.4, 0.5) is 5.82 Å². The van der Waals surface area contributed by atoms with Crippen molar-refractivity contribution in [3.63, 3.8) is 0 Å². The molecule has 6 nitrogen and oxygen atoms in total. The summed E-state index contributed by atoms with van der Waals surface area (Å²) in [5, 5.41) is 11.3. The van der Waals surface area contributed by atoms with Crippen molar-refractivity contribution in [2.75, 3.05) is 11.4 Å². The maximum Gasteiger partial charge on any atom is 0.326 e. The average Bonchev–Trinajstić information content (AvgIpc) is 3.11. The number of hydrogen-bond donors (Lipinski definition) is 2. The van der Waals surface area contributed by atoms with Gasteiger partial charge in [-0.3, -0.25) is 0 Å². The Hall–Kier alpha value is -2.63. The molecule has 1 atom stereocenters. The van der Waals surface area contributed by atoms with Crippen molar-refractivity contribution in [1.29, 1.82) is 0 Å². The van der Waals surface area contributed by atoms with Crippen LogP contribution in [-0.4, -0.2) is 38.6 Å². The summed E-state index contributed by atoms with van der Waals surface area (Å²) in [7, 11) is 0. The molecule has 1 saturated heterocycles. The third-order valence-electron chi connectivity index (χ3n) is 4.09. The Morgan fingerprint density at radius 2 is 2.19 bits per heavy atom. The number of H-pyrrole nitrogens is 1. The van der Waals surface area contributed by atoms with E-state index in [-0.39, 0.29) is 0 Å². The SMILES string of the molecule is O=C(O)C1CCCN1c1ncnc2[nH]c3ccccc3c12. The van der Waals surface area contributed by atoms with E-state index in [1.165, 1.54) is 6.33 Å². The molecule has 2 N–H and O–H groups in total. The fourth-order valence-corrected chi connectivity index (χ4v) is 3.15. The summed E-state index contributed by atoms with van der Waals surface area (Å²) in [6.07, 6.45) is 3.01. The number of aliphatic carboxylic acids is 1. The van der Waals surface area contributed by atoms with Crippen LogP contribution in [0, 0.1) is 0 Å². The summed E-state index contributed by atoms with van der Waals surface area (Å²) in [4.78, 5) is 25.2. The van der Waals surface area contributed by atoms with E-state index >= 15 is 0 Å². The summed E-state index contributed by atoms with van der Waals surface area (Å²) >= 11 is 0. The standard InChI is InChI=1S/C15H14N4O2/c20-15(21)11-6-3-7-19(11)14-12-9-4-1-2-5-10(9)18-13(12)16-8-17-14/h1-2,4-5,8,11H,3,6-7H2,(H,20,21)(H,16,17,18). The Balaban J connectivity index is 1.98. The van der Waals surface area contributed by atoms with Gasteiger partial charge in [0.05, 0.1) is 5.39 Å². The first-order valence-electron chi connectivity index (χ1n) is 6.96. The quantitative estimate of drug-likeness (QED) is 0.752. The molecular weight excluding hydrogens is 268 g/mol. The number of nitrogens with zero attached hydrogens (tertiary/aromatic N) is 3. The number of nitrogens with one attached hydrogen (secondary N) is 1. The molecule has 6 heteroatoms. The molecule has 21 heavy (non-hydrogen) atoms. The zero-order valence-electron chi connectivity index (χ0n) is 11.3. The number of carbonyl (C=O) groups is 1. The van der Waals surface area contributed by atoms with Gasteiger partial charge in [-0.05, 0) is 18.9 Å². The van der Waals surface area contributed by atoms with Gasteiger partial charge in [-0.15, -0.1) is 0 Å². The van der Waals surface area contributed by atoms with Gasteiger partial charge in [-0.25, -0.2) is 14.8 Å². The van der Waals surface area contributed by atoms with Crippen molar-refractivity contribution < 1.29 is 9.90 Å². The lowest BCUT2D eigenvalue weighted by atomic mass is 10.2. The normalized spacial score (nSPS) is 18.7. The molecule has 1 aliphatic rings. The number of para-hydroxylation sites is 1. The lowest BCUT2D eigenvalue weighted by Crippen LogP contribution is -2.36. The topological polar surface area (TPSA) is 82.1 Å². The van der Waals surface area contributed by atoms with Crippen molar-refractivity contribution in [2.24, 2.45) is 0 Å². The number of carboxylic acid groups (broad SMARTS) is 1. The largest absolute Gasteiger partial charge is 0.480 e. The molecule has 3 heterocycles. The molecule has 1 aliphatic heterocycles. The highest BCUT2D eigenvalue weighted by atomic mass is 16.4. The summed E-state index contributed by atoms with van der Waals surface area (Å²) in [5.41, 5.74) is 1.73. The number of aromatic nitrogens is 3. The Kier molecular flexibility index (Phi) is 2.57. The average molecular weight is 282 g/mol. The molecule has 106 valence electrons. The maximum absolute atomic E-state index is 11.4. The predicted molar refractivity (Wildman–Crippen MR) is 79.4 cm³/mol. The smallest absolute Gasteiger partial charge is 0.326 e. The molecule has 1 unspecified atom stereocenters. The molecule has 0 saturated carbocycles. The van der Waals surface area contributed by atoms with Gasteiger partial charge in [-0.2, -0.15) is 0 Å². The van der Waals surface area contributed by atoms with Gasteiger partial charge in [0.25, 0.3) is 0 Å². The molecule has 0 amide bonds. The van der Waals surface area contributed by atoms with Crippen LogP contribution in [0.1, 0.15) is 12.8 Å². The zero-order chi connectivity index (χ0) is 14.4. The highest BCUT2D eigenvalue weighted by Gasteiger charge is 2.33. The number of benzene rings is 1. The molecule has 0 aliphatic carbocycles. The summed E-state index contributed by atoms with van der Waals surface area (Å²) in [6.45, 7) is 0.711. The molecule has 4 rings (SSSR count). The van der Waals surface area contributed by atoms with Gasteiger partial charge in [0.1, 0.15) is 23.8 Å². The van der Waals surface area contributed by atoms with Crippen molar-refractivity contribution in [3.05, 3.63) is 30.6 Å². The van der Waals surface area contributed by atoms with Gasteiger partial charge in [0, 0.05) is 17.4 Å². The number of hydrogen-bond acceptors (Lipinski definition) is 4. The second-order valence-electron chi connectivity index (χ2n) is 5.28. The van der Waals surface area contributed by atoms with E-state index in [1.54, 1.807) is 0 Å². The molecule has 0 spiro atoms.